The number of amides is 1. The number of hydrogen-bond acceptors (Lipinski definition) is 6. The highest BCUT2D eigenvalue weighted by atomic mass is 32.2. The van der Waals surface area contributed by atoms with E-state index < -0.39 is 0 Å². The van der Waals surface area contributed by atoms with Crippen LogP contribution >= 0.6 is 24.0 Å². The lowest BCUT2D eigenvalue weighted by Gasteiger charge is -2.34. The van der Waals surface area contributed by atoms with Crippen LogP contribution in [0.4, 0.5) is 5.82 Å². The highest BCUT2D eigenvalue weighted by molar-refractivity contribution is 8.26. The minimum Gasteiger partial charge on any atom is -0.376 e. The van der Waals surface area contributed by atoms with Crippen LogP contribution in [0.3, 0.4) is 0 Å². The number of anilines is 1. The average molecular weight is 544 g/mol. The van der Waals surface area contributed by atoms with E-state index in [1.807, 2.05) is 6.08 Å². The number of nitrogens with zero attached hydrogens (tertiary/aromatic N) is 3. The second kappa shape index (κ2) is 11.2. The number of carbonyl (C=O) groups excluding carboxylic acids is 1. The van der Waals surface area contributed by atoms with Crippen molar-refractivity contribution in [1.29, 1.82) is 0 Å². The Morgan fingerprint density at radius 3 is 2.68 bits per heavy atom. The fraction of sp³-hybridized carbons (Fsp3) is 0.387. The number of aromatic nitrogens is 1. The standard InChI is InChI=1S/C31H33N3O2S2/c1-21-9-10-27-24(16-21)18-25(19-28-30(35)34(31(37)38-28)20-26-8-5-15-36-26)29(32-27)33-13-11-23(12-14-33)17-22-6-3-2-4-7-22/h2-4,6-7,9-10,16,18-19,23,26H,5,8,11-15,17,20H2,1H3/b28-19-. The number of piperidine rings is 1. The van der Waals surface area contributed by atoms with E-state index in [0.29, 0.717) is 21.7 Å². The molecule has 6 rings (SSSR count). The van der Waals surface area contributed by atoms with E-state index in [9.17, 15) is 4.79 Å². The van der Waals surface area contributed by atoms with Crippen molar-refractivity contribution in [3.05, 3.63) is 76.2 Å². The third kappa shape index (κ3) is 5.51. The molecule has 0 radical (unpaired) electrons. The number of benzene rings is 2. The van der Waals surface area contributed by atoms with Crippen molar-refractivity contribution in [2.24, 2.45) is 5.92 Å². The largest absolute Gasteiger partial charge is 0.376 e. The molecule has 3 aliphatic rings. The maximum absolute atomic E-state index is 13.4. The molecule has 0 N–H and O–H groups in total. The summed E-state index contributed by atoms with van der Waals surface area (Å²) < 4.78 is 6.39. The number of pyridine rings is 1. The van der Waals surface area contributed by atoms with E-state index in [1.54, 1.807) is 4.90 Å². The van der Waals surface area contributed by atoms with Crippen molar-refractivity contribution >= 4 is 57.0 Å². The first-order valence-corrected chi connectivity index (χ1v) is 14.8. The minimum absolute atomic E-state index is 0.0210. The van der Waals surface area contributed by atoms with E-state index in [0.717, 1.165) is 74.1 Å². The number of rotatable bonds is 6. The van der Waals surface area contributed by atoms with Crippen LogP contribution in [0, 0.1) is 12.8 Å². The summed E-state index contributed by atoms with van der Waals surface area (Å²) in [6.07, 6.45) is 7.50. The van der Waals surface area contributed by atoms with Gasteiger partial charge in [0.15, 0.2) is 0 Å². The number of carbonyl (C=O) groups is 1. The molecule has 0 bridgehead atoms. The lowest BCUT2D eigenvalue weighted by molar-refractivity contribution is -0.123. The summed E-state index contributed by atoms with van der Waals surface area (Å²) in [4.78, 5) is 23.3. The summed E-state index contributed by atoms with van der Waals surface area (Å²) in [6, 6.07) is 19.4. The smallest absolute Gasteiger partial charge is 0.266 e. The van der Waals surface area contributed by atoms with Gasteiger partial charge >= 0.3 is 0 Å². The van der Waals surface area contributed by atoms with Crippen molar-refractivity contribution in [1.82, 2.24) is 9.88 Å². The number of hydrogen-bond donors (Lipinski definition) is 0. The quantitative estimate of drug-likeness (QED) is 0.266. The first-order valence-electron chi connectivity index (χ1n) is 13.6. The van der Waals surface area contributed by atoms with E-state index in [2.05, 4.69) is 66.4 Å². The van der Waals surface area contributed by atoms with E-state index in [4.69, 9.17) is 21.9 Å². The predicted molar refractivity (Wildman–Crippen MR) is 160 cm³/mol. The Bertz CT molecular complexity index is 1380. The Morgan fingerprint density at radius 2 is 1.92 bits per heavy atom. The van der Waals surface area contributed by atoms with Gasteiger partial charge in [-0.25, -0.2) is 4.98 Å². The van der Waals surface area contributed by atoms with Gasteiger partial charge in [-0.1, -0.05) is 65.9 Å². The van der Waals surface area contributed by atoms with Gasteiger partial charge in [-0.15, -0.1) is 0 Å². The van der Waals surface area contributed by atoms with E-state index >= 15 is 0 Å². The number of aryl methyl sites for hydroxylation is 1. The van der Waals surface area contributed by atoms with Gasteiger partial charge in [-0.3, -0.25) is 9.69 Å². The Labute approximate surface area is 234 Å². The topological polar surface area (TPSA) is 45.7 Å². The van der Waals surface area contributed by atoms with Crippen molar-refractivity contribution < 1.29 is 9.53 Å². The third-order valence-corrected chi connectivity index (χ3v) is 9.21. The van der Waals surface area contributed by atoms with E-state index in [1.165, 1.54) is 22.9 Å². The van der Waals surface area contributed by atoms with Crippen LogP contribution in [-0.4, -0.2) is 52.5 Å². The predicted octanol–water partition coefficient (Wildman–Crippen LogP) is 6.38. The molecule has 1 amide bonds. The second-order valence-electron chi connectivity index (χ2n) is 10.6. The Hall–Kier alpha value is -2.74. The van der Waals surface area contributed by atoms with Crippen molar-refractivity contribution in [3.8, 4) is 0 Å². The second-order valence-corrected chi connectivity index (χ2v) is 12.3. The SMILES string of the molecule is Cc1ccc2nc(N3CCC(Cc4ccccc4)CC3)c(/C=C3\SC(=S)N(CC4CCCO4)C3=O)cc2c1. The highest BCUT2D eigenvalue weighted by Gasteiger charge is 2.35. The van der Waals surface area contributed by atoms with Crippen LogP contribution in [0.25, 0.3) is 17.0 Å². The number of thioether (sulfide) groups is 1. The molecule has 3 saturated heterocycles. The first kappa shape index (κ1) is 25.5. The third-order valence-electron chi connectivity index (χ3n) is 7.83. The van der Waals surface area contributed by atoms with Crippen LogP contribution in [0.1, 0.15) is 42.4 Å². The molecule has 0 saturated carbocycles. The van der Waals surface area contributed by atoms with Crippen LogP contribution in [0.15, 0.2) is 59.5 Å². The van der Waals surface area contributed by atoms with Crippen molar-refractivity contribution in [2.75, 3.05) is 31.1 Å². The lowest BCUT2D eigenvalue weighted by atomic mass is 9.90. The fourth-order valence-corrected chi connectivity index (χ4v) is 7.01. The Morgan fingerprint density at radius 1 is 1.11 bits per heavy atom. The molecule has 2 aromatic carbocycles. The maximum Gasteiger partial charge on any atom is 0.266 e. The molecule has 5 nitrogen and oxygen atoms in total. The lowest BCUT2D eigenvalue weighted by Crippen LogP contribution is -2.35. The van der Waals surface area contributed by atoms with Crippen molar-refractivity contribution in [3.63, 3.8) is 0 Å². The molecule has 4 heterocycles. The summed E-state index contributed by atoms with van der Waals surface area (Å²) in [7, 11) is 0. The zero-order valence-corrected chi connectivity index (χ0v) is 23.4. The Balaban J connectivity index is 1.26. The van der Waals surface area contributed by atoms with Crippen LogP contribution < -0.4 is 4.90 Å². The fourth-order valence-electron chi connectivity index (χ4n) is 5.75. The van der Waals surface area contributed by atoms with Crippen LogP contribution in [0.2, 0.25) is 0 Å². The zero-order valence-electron chi connectivity index (χ0n) is 21.8. The monoisotopic (exact) mass is 543 g/mol. The van der Waals surface area contributed by atoms with Gasteiger partial charge in [0.2, 0.25) is 0 Å². The van der Waals surface area contributed by atoms with Gasteiger partial charge in [0.1, 0.15) is 10.1 Å². The molecular weight excluding hydrogens is 510 g/mol. The summed E-state index contributed by atoms with van der Waals surface area (Å²) in [5.74, 6) is 1.62. The zero-order chi connectivity index (χ0) is 26.1. The van der Waals surface area contributed by atoms with Gasteiger partial charge in [-0.05, 0) is 74.8 Å². The summed E-state index contributed by atoms with van der Waals surface area (Å²) in [5.41, 5.74) is 4.58. The highest BCUT2D eigenvalue weighted by Crippen LogP contribution is 2.37. The van der Waals surface area contributed by atoms with Crippen molar-refractivity contribution in [2.45, 2.75) is 45.1 Å². The molecule has 0 spiro atoms. The number of fused-ring (bicyclic) bond motifs is 1. The molecule has 1 atom stereocenters. The molecule has 196 valence electrons. The summed E-state index contributed by atoms with van der Waals surface area (Å²) in [5, 5.41) is 1.09. The number of ether oxygens (including phenoxy) is 1. The normalized spacial score (nSPS) is 21.8. The molecular formula is C31H33N3O2S2. The molecule has 3 aromatic rings. The van der Waals surface area contributed by atoms with Gasteiger partial charge in [-0.2, -0.15) is 0 Å². The molecule has 7 heteroatoms. The van der Waals surface area contributed by atoms with E-state index in [-0.39, 0.29) is 12.0 Å². The molecule has 38 heavy (non-hydrogen) atoms. The van der Waals surface area contributed by atoms with Gasteiger partial charge in [0.25, 0.3) is 5.91 Å². The average Bonchev–Trinajstić information content (AvgIpc) is 3.53. The Kier molecular flexibility index (Phi) is 7.50. The minimum atomic E-state index is -0.0210. The molecule has 3 aliphatic heterocycles. The van der Waals surface area contributed by atoms with Crippen LogP contribution in [0.5, 0.6) is 0 Å². The summed E-state index contributed by atoms with van der Waals surface area (Å²) >= 11 is 7.00. The van der Waals surface area contributed by atoms with Gasteiger partial charge in [0.05, 0.1) is 23.1 Å². The summed E-state index contributed by atoms with van der Waals surface area (Å²) in [6.45, 7) is 5.33. The molecule has 0 aliphatic carbocycles. The van der Waals surface area contributed by atoms with Crippen LogP contribution in [-0.2, 0) is 16.0 Å². The number of thiocarbonyl (C=S) groups is 1. The molecule has 3 fully saturated rings. The van der Waals surface area contributed by atoms with Gasteiger partial charge in [0, 0.05) is 30.6 Å². The van der Waals surface area contributed by atoms with Gasteiger partial charge < -0.3 is 9.64 Å². The molecule has 1 aromatic heterocycles. The molecule has 1 unspecified atom stereocenters. The first-order chi connectivity index (χ1) is 18.5. The maximum atomic E-state index is 13.4.